The number of aromatic nitrogens is 2. The molecule has 0 saturated carbocycles. The topological polar surface area (TPSA) is 81.4 Å². The molecule has 1 atom stereocenters. The van der Waals surface area contributed by atoms with Gasteiger partial charge in [-0.1, -0.05) is 0 Å². The van der Waals surface area contributed by atoms with Gasteiger partial charge in [-0.2, -0.15) is 0 Å². The molecule has 0 saturated heterocycles. The molecular weight excluding hydrogens is 200 g/mol. The van der Waals surface area contributed by atoms with E-state index in [4.69, 9.17) is 5.11 Å². The van der Waals surface area contributed by atoms with Gasteiger partial charge in [0.2, 0.25) is 0 Å². The summed E-state index contributed by atoms with van der Waals surface area (Å²) >= 11 is 0. The van der Waals surface area contributed by atoms with E-state index < -0.39 is 18.0 Å². The summed E-state index contributed by atoms with van der Waals surface area (Å²) in [6.45, 7) is 1.92. The number of carboxylic acids is 1. The number of esters is 1. The SMILES string of the molecule is CCOC(=O)C[C@@H](C(=O)O)n1ccnc1. The second-order valence-corrected chi connectivity index (χ2v) is 2.87. The van der Waals surface area contributed by atoms with Crippen LogP contribution in [-0.4, -0.2) is 33.2 Å². The number of nitrogens with zero attached hydrogens (tertiary/aromatic N) is 2. The Labute approximate surface area is 86.5 Å². The van der Waals surface area contributed by atoms with Gasteiger partial charge in [0.1, 0.15) is 6.04 Å². The van der Waals surface area contributed by atoms with Crippen LogP contribution in [0.1, 0.15) is 19.4 Å². The number of carboxylic acid groups (broad SMARTS) is 1. The van der Waals surface area contributed by atoms with Crippen molar-refractivity contribution in [3.63, 3.8) is 0 Å². The number of carbonyl (C=O) groups excluding carboxylic acids is 1. The zero-order chi connectivity index (χ0) is 11.3. The summed E-state index contributed by atoms with van der Waals surface area (Å²) in [7, 11) is 0. The predicted octanol–water partition coefficient (Wildman–Crippen LogP) is 0.462. The number of carbonyl (C=O) groups is 2. The molecule has 6 heteroatoms. The van der Waals surface area contributed by atoms with E-state index >= 15 is 0 Å². The van der Waals surface area contributed by atoms with Gasteiger partial charge >= 0.3 is 11.9 Å². The Balaban J connectivity index is 2.68. The average Bonchev–Trinajstić information content (AvgIpc) is 2.66. The lowest BCUT2D eigenvalue weighted by molar-refractivity contribution is -0.150. The fourth-order valence-corrected chi connectivity index (χ4v) is 1.15. The Morgan fingerprint density at radius 3 is 2.80 bits per heavy atom. The highest BCUT2D eigenvalue weighted by atomic mass is 16.5. The van der Waals surface area contributed by atoms with Gasteiger partial charge in [0, 0.05) is 12.4 Å². The largest absolute Gasteiger partial charge is 0.480 e. The van der Waals surface area contributed by atoms with E-state index in [0.717, 1.165) is 0 Å². The Hall–Kier alpha value is -1.85. The molecule has 1 rings (SSSR count). The Kier molecular flexibility index (Phi) is 3.84. The molecule has 1 aromatic rings. The maximum absolute atomic E-state index is 11.1. The van der Waals surface area contributed by atoms with Crippen molar-refractivity contribution in [2.45, 2.75) is 19.4 Å². The fourth-order valence-electron chi connectivity index (χ4n) is 1.15. The smallest absolute Gasteiger partial charge is 0.327 e. The summed E-state index contributed by atoms with van der Waals surface area (Å²) in [5, 5.41) is 8.91. The Morgan fingerprint density at radius 1 is 1.60 bits per heavy atom. The molecule has 0 fully saturated rings. The van der Waals surface area contributed by atoms with Crippen LogP contribution in [0, 0.1) is 0 Å². The minimum atomic E-state index is -1.08. The molecule has 0 aliphatic carbocycles. The van der Waals surface area contributed by atoms with Gasteiger partial charge < -0.3 is 14.4 Å². The highest BCUT2D eigenvalue weighted by molar-refractivity contribution is 5.80. The molecule has 1 aromatic heterocycles. The summed E-state index contributed by atoms with van der Waals surface area (Å²) in [5.74, 6) is -1.61. The van der Waals surface area contributed by atoms with Crippen molar-refractivity contribution >= 4 is 11.9 Å². The standard InChI is InChI=1S/C9H12N2O4/c1-2-15-8(12)5-7(9(13)14)11-4-3-10-6-11/h3-4,6-7H,2,5H2,1H3,(H,13,14)/t7-/m0/s1. The minimum Gasteiger partial charge on any atom is -0.480 e. The summed E-state index contributed by atoms with van der Waals surface area (Å²) < 4.78 is 6.04. The second-order valence-electron chi connectivity index (χ2n) is 2.87. The van der Waals surface area contributed by atoms with Crippen LogP contribution in [0.5, 0.6) is 0 Å². The molecule has 0 amide bonds. The van der Waals surface area contributed by atoms with Crippen molar-refractivity contribution in [3.8, 4) is 0 Å². The molecule has 82 valence electrons. The highest BCUT2D eigenvalue weighted by Gasteiger charge is 2.23. The first-order chi connectivity index (χ1) is 7.15. The summed E-state index contributed by atoms with van der Waals surface area (Å²) in [4.78, 5) is 25.7. The molecule has 6 nitrogen and oxygen atoms in total. The molecule has 0 bridgehead atoms. The summed E-state index contributed by atoms with van der Waals surface area (Å²) in [6.07, 6.45) is 4.12. The average molecular weight is 212 g/mol. The minimum absolute atomic E-state index is 0.195. The van der Waals surface area contributed by atoms with Crippen LogP contribution >= 0.6 is 0 Å². The van der Waals surface area contributed by atoms with E-state index in [0.29, 0.717) is 0 Å². The van der Waals surface area contributed by atoms with E-state index in [1.165, 1.54) is 23.3 Å². The first kappa shape index (κ1) is 11.2. The number of rotatable bonds is 5. The fraction of sp³-hybridized carbons (Fsp3) is 0.444. The van der Waals surface area contributed by atoms with Crippen LogP contribution in [0.4, 0.5) is 0 Å². The van der Waals surface area contributed by atoms with Gasteiger partial charge in [0.25, 0.3) is 0 Å². The van der Waals surface area contributed by atoms with E-state index in [1.807, 2.05) is 0 Å². The van der Waals surface area contributed by atoms with Gasteiger partial charge in [-0.3, -0.25) is 4.79 Å². The van der Waals surface area contributed by atoms with E-state index in [2.05, 4.69) is 9.72 Å². The van der Waals surface area contributed by atoms with E-state index in [9.17, 15) is 9.59 Å². The molecule has 1 N–H and O–H groups in total. The van der Waals surface area contributed by atoms with Crippen molar-refractivity contribution in [2.75, 3.05) is 6.61 Å². The van der Waals surface area contributed by atoms with Crippen molar-refractivity contribution in [3.05, 3.63) is 18.7 Å². The van der Waals surface area contributed by atoms with Crippen molar-refractivity contribution in [1.29, 1.82) is 0 Å². The first-order valence-electron chi connectivity index (χ1n) is 4.51. The normalized spacial score (nSPS) is 12.1. The third-order valence-corrected chi connectivity index (χ3v) is 1.84. The van der Waals surface area contributed by atoms with Gasteiger partial charge in [-0.15, -0.1) is 0 Å². The van der Waals surface area contributed by atoms with Crippen LogP contribution in [0.25, 0.3) is 0 Å². The van der Waals surface area contributed by atoms with Crippen LogP contribution in [0.15, 0.2) is 18.7 Å². The van der Waals surface area contributed by atoms with Crippen molar-refractivity contribution in [2.24, 2.45) is 0 Å². The van der Waals surface area contributed by atoms with Crippen LogP contribution in [0.2, 0.25) is 0 Å². The van der Waals surface area contributed by atoms with Crippen LogP contribution in [0.3, 0.4) is 0 Å². The molecule has 0 radical (unpaired) electrons. The van der Waals surface area contributed by atoms with Gasteiger partial charge in [-0.05, 0) is 6.92 Å². The number of aliphatic carboxylic acids is 1. The van der Waals surface area contributed by atoms with Crippen molar-refractivity contribution in [1.82, 2.24) is 9.55 Å². The maximum Gasteiger partial charge on any atom is 0.327 e. The van der Waals surface area contributed by atoms with Gasteiger partial charge in [0.15, 0.2) is 0 Å². The lowest BCUT2D eigenvalue weighted by Gasteiger charge is -2.12. The zero-order valence-electron chi connectivity index (χ0n) is 8.29. The number of hydrogen-bond donors (Lipinski definition) is 1. The number of ether oxygens (including phenoxy) is 1. The van der Waals surface area contributed by atoms with Gasteiger partial charge in [-0.25, -0.2) is 9.78 Å². The molecule has 0 aliphatic rings. The molecule has 0 unspecified atom stereocenters. The molecule has 0 aliphatic heterocycles. The monoisotopic (exact) mass is 212 g/mol. The molecular formula is C9H12N2O4. The summed E-state index contributed by atoms with van der Waals surface area (Å²) in [5.41, 5.74) is 0. The molecule has 0 spiro atoms. The molecule has 15 heavy (non-hydrogen) atoms. The Morgan fingerprint density at radius 2 is 2.33 bits per heavy atom. The lowest BCUT2D eigenvalue weighted by atomic mass is 10.2. The van der Waals surface area contributed by atoms with Crippen LogP contribution in [-0.2, 0) is 14.3 Å². The quantitative estimate of drug-likeness (QED) is 0.717. The second kappa shape index (κ2) is 5.14. The van der Waals surface area contributed by atoms with Crippen molar-refractivity contribution < 1.29 is 19.4 Å². The highest BCUT2D eigenvalue weighted by Crippen LogP contribution is 2.12. The first-order valence-corrected chi connectivity index (χ1v) is 4.51. The lowest BCUT2D eigenvalue weighted by Crippen LogP contribution is -2.22. The predicted molar refractivity (Wildman–Crippen MR) is 50.1 cm³/mol. The third-order valence-electron chi connectivity index (χ3n) is 1.84. The zero-order valence-corrected chi connectivity index (χ0v) is 8.29. The van der Waals surface area contributed by atoms with E-state index in [1.54, 1.807) is 6.92 Å². The molecule has 1 heterocycles. The third kappa shape index (κ3) is 3.08. The van der Waals surface area contributed by atoms with Gasteiger partial charge in [0.05, 0.1) is 19.4 Å². The maximum atomic E-state index is 11.1. The van der Waals surface area contributed by atoms with E-state index in [-0.39, 0.29) is 13.0 Å². The van der Waals surface area contributed by atoms with Crippen LogP contribution < -0.4 is 0 Å². The Bertz CT molecular complexity index is 334. The number of imidazole rings is 1. The number of hydrogen-bond acceptors (Lipinski definition) is 4. The summed E-state index contributed by atoms with van der Waals surface area (Å²) in [6, 6.07) is -0.952. The molecule has 0 aromatic carbocycles.